The SMILES string of the molecule is CC1(NCC2(CN)CCCCC2)CCOCC1. The standard InChI is InChI=1S/C14H28N2O/c1-13(7-9-17-10-8-13)16-12-14(11-15)5-3-2-4-6-14/h16H,2-12,15H2,1H3. The fourth-order valence-corrected chi connectivity index (χ4v) is 3.15. The molecule has 0 amide bonds. The molecule has 2 fully saturated rings. The molecule has 1 saturated carbocycles. The normalized spacial score (nSPS) is 27.9. The van der Waals surface area contributed by atoms with Crippen molar-refractivity contribution in [2.75, 3.05) is 26.3 Å². The third-order valence-corrected chi connectivity index (χ3v) is 4.83. The van der Waals surface area contributed by atoms with Crippen LogP contribution in [0.2, 0.25) is 0 Å². The average molecular weight is 240 g/mol. The summed E-state index contributed by atoms with van der Waals surface area (Å²) in [7, 11) is 0. The van der Waals surface area contributed by atoms with Crippen molar-refractivity contribution in [1.82, 2.24) is 5.32 Å². The van der Waals surface area contributed by atoms with Gasteiger partial charge in [0.1, 0.15) is 0 Å². The minimum absolute atomic E-state index is 0.276. The third kappa shape index (κ3) is 3.43. The maximum Gasteiger partial charge on any atom is 0.0483 e. The van der Waals surface area contributed by atoms with Gasteiger partial charge in [-0.2, -0.15) is 0 Å². The summed E-state index contributed by atoms with van der Waals surface area (Å²) in [4.78, 5) is 0. The molecule has 1 heterocycles. The van der Waals surface area contributed by atoms with Crippen molar-refractivity contribution in [1.29, 1.82) is 0 Å². The average Bonchev–Trinajstić information content (AvgIpc) is 2.39. The monoisotopic (exact) mass is 240 g/mol. The van der Waals surface area contributed by atoms with Gasteiger partial charge in [0.25, 0.3) is 0 Å². The Hall–Kier alpha value is -0.120. The lowest BCUT2D eigenvalue weighted by Crippen LogP contribution is -2.52. The van der Waals surface area contributed by atoms with Crippen LogP contribution in [0.5, 0.6) is 0 Å². The number of rotatable bonds is 4. The summed E-state index contributed by atoms with van der Waals surface area (Å²) in [6.07, 6.45) is 9.00. The van der Waals surface area contributed by atoms with Crippen LogP contribution in [-0.2, 0) is 4.74 Å². The van der Waals surface area contributed by atoms with Gasteiger partial charge in [0.15, 0.2) is 0 Å². The molecule has 17 heavy (non-hydrogen) atoms. The number of ether oxygens (including phenoxy) is 1. The molecular weight excluding hydrogens is 212 g/mol. The molecule has 0 aromatic carbocycles. The fraction of sp³-hybridized carbons (Fsp3) is 1.00. The van der Waals surface area contributed by atoms with Gasteiger partial charge >= 0.3 is 0 Å². The molecule has 3 nitrogen and oxygen atoms in total. The van der Waals surface area contributed by atoms with Crippen molar-refractivity contribution in [3.8, 4) is 0 Å². The molecule has 1 aliphatic heterocycles. The minimum Gasteiger partial charge on any atom is -0.381 e. The van der Waals surface area contributed by atoms with E-state index < -0.39 is 0 Å². The second-order valence-electron chi connectivity index (χ2n) is 6.29. The summed E-state index contributed by atoms with van der Waals surface area (Å²) in [6.45, 7) is 6.08. The highest BCUT2D eigenvalue weighted by molar-refractivity contribution is 4.92. The molecule has 0 bridgehead atoms. The van der Waals surface area contributed by atoms with Crippen LogP contribution in [0.25, 0.3) is 0 Å². The Kier molecular flexibility index (Phi) is 4.45. The van der Waals surface area contributed by atoms with Crippen molar-refractivity contribution in [3.63, 3.8) is 0 Å². The Morgan fingerprint density at radius 2 is 1.71 bits per heavy atom. The van der Waals surface area contributed by atoms with Crippen molar-refractivity contribution >= 4 is 0 Å². The molecule has 0 unspecified atom stereocenters. The van der Waals surface area contributed by atoms with Gasteiger partial charge in [0, 0.05) is 25.3 Å². The fourth-order valence-electron chi connectivity index (χ4n) is 3.15. The minimum atomic E-state index is 0.276. The molecule has 0 spiro atoms. The van der Waals surface area contributed by atoms with Crippen LogP contribution in [0.15, 0.2) is 0 Å². The Morgan fingerprint density at radius 3 is 2.29 bits per heavy atom. The van der Waals surface area contributed by atoms with E-state index in [2.05, 4.69) is 12.2 Å². The maximum absolute atomic E-state index is 6.03. The molecule has 0 radical (unpaired) electrons. The van der Waals surface area contributed by atoms with Gasteiger partial charge in [-0.05, 0) is 44.6 Å². The summed E-state index contributed by atoms with van der Waals surface area (Å²) in [5, 5.41) is 3.80. The van der Waals surface area contributed by atoms with E-state index in [4.69, 9.17) is 10.5 Å². The van der Waals surface area contributed by atoms with E-state index in [0.29, 0.717) is 5.41 Å². The molecule has 2 aliphatic rings. The first-order valence-corrected chi connectivity index (χ1v) is 7.21. The molecule has 1 saturated heterocycles. The molecule has 2 rings (SSSR count). The number of nitrogens with two attached hydrogens (primary N) is 1. The Labute approximate surface area is 105 Å². The van der Waals surface area contributed by atoms with Gasteiger partial charge in [0.05, 0.1) is 0 Å². The van der Waals surface area contributed by atoms with Gasteiger partial charge in [-0.1, -0.05) is 19.3 Å². The van der Waals surface area contributed by atoms with Gasteiger partial charge in [-0.15, -0.1) is 0 Å². The number of hydrogen-bond donors (Lipinski definition) is 2. The Morgan fingerprint density at radius 1 is 1.06 bits per heavy atom. The van der Waals surface area contributed by atoms with Crippen LogP contribution < -0.4 is 11.1 Å². The van der Waals surface area contributed by atoms with Gasteiger partial charge in [0.2, 0.25) is 0 Å². The van der Waals surface area contributed by atoms with Gasteiger partial charge in [-0.3, -0.25) is 0 Å². The molecule has 100 valence electrons. The van der Waals surface area contributed by atoms with E-state index >= 15 is 0 Å². The summed E-state index contributed by atoms with van der Waals surface area (Å²) in [5.74, 6) is 0. The Balaban J connectivity index is 1.86. The number of hydrogen-bond acceptors (Lipinski definition) is 3. The summed E-state index contributed by atoms with van der Waals surface area (Å²) >= 11 is 0. The van der Waals surface area contributed by atoms with Crippen molar-refractivity contribution in [2.45, 2.75) is 57.4 Å². The molecule has 0 aromatic heterocycles. The first-order valence-electron chi connectivity index (χ1n) is 7.21. The van der Waals surface area contributed by atoms with Crippen LogP contribution in [0.3, 0.4) is 0 Å². The first kappa shape index (κ1) is 13.3. The highest BCUT2D eigenvalue weighted by Crippen LogP contribution is 2.35. The quantitative estimate of drug-likeness (QED) is 0.790. The summed E-state index contributed by atoms with van der Waals surface area (Å²) < 4.78 is 5.44. The summed E-state index contributed by atoms with van der Waals surface area (Å²) in [6, 6.07) is 0. The van der Waals surface area contributed by atoms with Crippen LogP contribution in [-0.4, -0.2) is 31.8 Å². The summed E-state index contributed by atoms with van der Waals surface area (Å²) in [5.41, 5.74) is 6.68. The van der Waals surface area contributed by atoms with Crippen molar-refractivity contribution < 1.29 is 4.74 Å². The second kappa shape index (κ2) is 5.68. The zero-order valence-corrected chi connectivity index (χ0v) is 11.3. The predicted octanol–water partition coefficient (Wildman–Crippen LogP) is 2.05. The van der Waals surface area contributed by atoms with Gasteiger partial charge < -0.3 is 15.8 Å². The van der Waals surface area contributed by atoms with Crippen LogP contribution in [0.4, 0.5) is 0 Å². The smallest absolute Gasteiger partial charge is 0.0483 e. The zero-order chi connectivity index (χ0) is 12.2. The lowest BCUT2D eigenvalue weighted by molar-refractivity contribution is 0.0375. The molecule has 3 heteroatoms. The lowest BCUT2D eigenvalue weighted by atomic mass is 9.73. The maximum atomic E-state index is 6.03. The highest BCUT2D eigenvalue weighted by Gasteiger charge is 2.34. The third-order valence-electron chi connectivity index (χ3n) is 4.83. The molecule has 0 atom stereocenters. The van der Waals surface area contributed by atoms with Crippen molar-refractivity contribution in [2.24, 2.45) is 11.1 Å². The largest absolute Gasteiger partial charge is 0.381 e. The zero-order valence-electron chi connectivity index (χ0n) is 11.3. The second-order valence-corrected chi connectivity index (χ2v) is 6.29. The van der Waals surface area contributed by atoms with E-state index in [1.165, 1.54) is 32.1 Å². The van der Waals surface area contributed by atoms with E-state index in [1.54, 1.807) is 0 Å². The van der Waals surface area contributed by atoms with E-state index in [9.17, 15) is 0 Å². The van der Waals surface area contributed by atoms with Crippen molar-refractivity contribution in [3.05, 3.63) is 0 Å². The van der Waals surface area contributed by atoms with E-state index in [0.717, 1.165) is 39.1 Å². The predicted molar refractivity (Wildman–Crippen MR) is 71.0 cm³/mol. The molecule has 0 aromatic rings. The van der Waals surface area contributed by atoms with Crippen LogP contribution in [0, 0.1) is 5.41 Å². The van der Waals surface area contributed by atoms with Gasteiger partial charge in [-0.25, -0.2) is 0 Å². The van der Waals surface area contributed by atoms with E-state index in [-0.39, 0.29) is 5.54 Å². The topological polar surface area (TPSA) is 47.3 Å². The highest BCUT2D eigenvalue weighted by atomic mass is 16.5. The molecule has 1 aliphatic carbocycles. The van der Waals surface area contributed by atoms with E-state index in [1.807, 2.05) is 0 Å². The Bertz CT molecular complexity index is 230. The van der Waals surface area contributed by atoms with Crippen LogP contribution >= 0.6 is 0 Å². The molecular formula is C14H28N2O. The molecule has 3 N–H and O–H groups in total. The van der Waals surface area contributed by atoms with Crippen LogP contribution in [0.1, 0.15) is 51.9 Å². The number of nitrogens with one attached hydrogen (secondary N) is 1. The first-order chi connectivity index (χ1) is 8.18. The lowest BCUT2D eigenvalue weighted by Gasteiger charge is -2.42.